The van der Waals surface area contributed by atoms with Crippen LogP contribution in [0.4, 0.5) is 0 Å². The Balaban J connectivity index is 1.62. The molecule has 2 fully saturated rings. The molecule has 0 bridgehead atoms. The lowest BCUT2D eigenvalue weighted by Gasteiger charge is -2.35. The first-order chi connectivity index (χ1) is 9.40. The first kappa shape index (κ1) is 14.8. The highest BCUT2D eigenvalue weighted by atomic mass is 16.5. The normalized spacial score (nSPS) is 30.4. The Kier molecular flexibility index (Phi) is 6.70. The van der Waals surface area contributed by atoms with Gasteiger partial charge in [-0.25, -0.2) is 0 Å². The lowest BCUT2D eigenvalue weighted by Crippen LogP contribution is -2.27. The van der Waals surface area contributed by atoms with Crippen LogP contribution in [-0.2, 0) is 4.74 Å². The van der Waals surface area contributed by atoms with Crippen molar-refractivity contribution in [2.24, 2.45) is 11.8 Å². The van der Waals surface area contributed by atoms with E-state index in [4.69, 9.17) is 4.74 Å². The van der Waals surface area contributed by atoms with E-state index in [2.05, 4.69) is 18.2 Å². The summed E-state index contributed by atoms with van der Waals surface area (Å²) in [4.78, 5) is 0. The van der Waals surface area contributed by atoms with Crippen molar-refractivity contribution < 1.29 is 4.74 Å². The molecule has 0 amide bonds. The van der Waals surface area contributed by atoms with Gasteiger partial charge >= 0.3 is 0 Å². The van der Waals surface area contributed by atoms with Crippen molar-refractivity contribution in [1.29, 1.82) is 0 Å². The zero-order chi connectivity index (χ0) is 13.3. The molecule has 1 heteroatoms. The first-order valence-corrected chi connectivity index (χ1v) is 8.29. The second-order valence-corrected chi connectivity index (χ2v) is 6.22. The fourth-order valence-electron chi connectivity index (χ4n) is 3.77. The van der Waals surface area contributed by atoms with E-state index in [1.807, 2.05) is 13.0 Å². The van der Waals surface area contributed by atoms with Crippen LogP contribution in [0.2, 0.25) is 0 Å². The van der Waals surface area contributed by atoms with Crippen molar-refractivity contribution >= 4 is 0 Å². The molecule has 1 nitrogen and oxygen atoms in total. The molecule has 2 saturated carbocycles. The number of rotatable bonds is 5. The van der Waals surface area contributed by atoms with Gasteiger partial charge in [-0.05, 0) is 44.4 Å². The molecule has 0 aromatic rings. The molecule has 0 aromatic heterocycles. The maximum Gasteiger partial charge on any atom is 0.0654 e. The average molecular weight is 262 g/mol. The van der Waals surface area contributed by atoms with Gasteiger partial charge in [0.15, 0.2) is 0 Å². The van der Waals surface area contributed by atoms with E-state index in [1.165, 1.54) is 57.8 Å². The Bertz CT molecular complexity index is 278. The summed E-state index contributed by atoms with van der Waals surface area (Å²) < 4.78 is 5.94. The van der Waals surface area contributed by atoms with E-state index in [0.717, 1.165) is 18.4 Å². The summed E-state index contributed by atoms with van der Waals surface area (Å²) in [7, 11) is 0. The highest BCUT2D eigenvalue weighted by Gasteiger charge is 2.28. The smallest absolute Gasteiger partial charge is 0.0654 e. The van der Waals surface area contributed by atoms with E-state index in [-0.39, 0.29) is 0 Å². The molecular weight excluding hydrogens is 232 g/mol. The Labute approximate surface area is 119 Å². The molecule has 0 aromatic carbocycles. The predicted octanol–water partition coefficient (Wildman–Crippen LogP) is 5.27. The van der Waals surface area contributed by atoms with Crippen LogP contribution >= 0.6 is 0 Å². The van der Waals surface area contributed by atoms with Crippen molar-refractivity contribution in [3.63, 3.8) is 0 Å². The van der Waals surface area contributed by atoms with Crippen molar-refractivity contribution in [1.82, 2.24) is 0 Å². The maximum atomic E-state index is 5.94. The molecule has 108 valence electrons. The highest BCUT2D eigenvalue weighted by molar-refractivity contribution is 5.01. The summed E-state index contributed by atoms with van der Waals surface area (Å²) in [6.45, 7) is 2.82. The molecule has 0 aliphatic heterocycles. The molecule has 19 heavy (non-hydrogen) atoms. The van der Waals surface area contributed by atoms with Crippen LogP contribution in [0.15, 0.2) is 24.3 Å². The standard InChI is InChI=1S/C18H30O/c1-2-3-4-8-15-19-18-13-11-17(12-14-18)16-9-6-5-7-10-16/h2-4,8,16-18H,5-7,9-15H2,1H3/b3-2+,8-4+. The largest absolute Gasteiger partial charge is 0.374 e. The van der Waals surface area contributed by atoms with Crippen molar-refractivity contribution in [2.45, 2.75) is 70.8 Å². The molecule has 0 atom stereocenters. The highest BCUT2D eigenvalue weighted by Crippen LogP contribution is 2.38. The molecule has 2 aliphatic carbocycles. The SMILES string of the molecule is C/C=C/C=C/COC1CCC(C2CCCCC2)CC1. The second-order valence-electron chi connectivity index (χ2n) is 6.22. The zero-order valence-electron chi connectivity index (χ0n) is 12.5. The minimum atomic E-state index is 0.523. The second kappa shape index (κ2) is 8.58. The quantitative estimate of drug-likeness (QED) is 0.613. The van der Waals surface area contributed by atoms with E-state index < -0.39 is 0 Å². The number of allylic oxidation sites excluding steroid dienone is 3. The molecule has 2 rings (SSSR count). The van der Waals surface area contributed by atoms with Crippen LogP contribution < -0.4 is 0 Å². The van der Waals surface area contributed by atoms with Crippen LogP contribution in [0.25, 0.3) is 0 Å². The molecule has 0 heterocycles. The van der Waals surface area contributed by atoms with Crippen molar-refractivity contribution in [2.75, 3.05) is 6.61 Å². The average Bonchev–Trinajstić information content (AvgIpc) is 2.49. The van der Waals surface area contributed by atoms with E-state index in [0.29, 0.717) is 6.10 Å². The summed E-state index contributed by atoms with van der Waals surface area (Å²) in [5.74, 6) is 2.06. The van der Waals surface area contributed by atoms with Gasteiger partial charge in [0.1, 0.15) is 0 Å². The van der Waals surface area contributed by atoms with Gasteiger partial charge in [-0.15, -0.1) is 0 Å². The fraction of sp³-hybridized carbons (Fsp3) is 0.778. The van der Waals surface area contributed by atoms with E-state index in [9.17, 15) is 0 Å². The third-order valence-electron chi connectivity index (χ3n) is 4.90. The summed E-state index contributed by atoms with van der Waals surface area (Å²) in [5.41, 5.74) is 0. The minimum Gasteiger partial charge on any atom is -0.374 e. The Morgan fingerprint density at radius 2 is 1.53 bits per heavy atom. The Hall–Kier alpha value is -0.560. The lowest BCUT2D eigenvalue weighted by atomic mass is 9.73. The zero-order valence-corrected chi connectivity index (χ0v) is 12.5. The predicted molar refractivity (Wildman–Crippen MR) is 82.2 cm³/mol. The van der Waals surface area contributed by atoms with Gasteiger partial charge in [-0.2, -0.15) is 0 Å². The van der Waals surface area contributed by atoms with Gasteiger partial charge in [0, 0.05) is 0 Å². The molecule has 0 radical (unpaired) electrons. The van der Waals surface area contributed by atoms with E-state index >= 15 is 0 Å². The molecule has 0 N–H and O–H groups in total. The molecule has 2 aliphatic rings. The lowest BCUT2D eigenvalue weighted by molar-refractivity contribution is 0.0229. The molecule has 0 saturated heterocycles. The van der Waals surface area contributed by atoms with Gasteiger partial charge in [0.25, 0.3) is 0 Å². The number of hydrogen-bond acceptors (Lipinski definition) is 1. The third-order valence-corrected chi connectivity index (χ3v) is 4.90. The Morgan fingerprint density at radius 3 is 2.21 bits per heavy atom. The number of hydrogen-bond donors (Lipinski definition) is 0. The molecular formula is C18H30O. The molecule has 0 spiro atoms. The summed E-state index contributed by atoms with van der Waals surface area (Å²) in [5, 5.41) is 0. The van der Waals surface area contributed by atoms with Gasteiger partial charge < -0.3 is 4.74 Å². The van der Waals surface area contributed by atoms with Crippen LogP contribution in [0.3, 0.4) is 0 Å². The van der Waals surface area contributed by atoms with Gasteiger partial charge in [-0.3, -0.25) is 0 Å². The number of ether oxygens (including phenoxy) is 1. The van der Waals surface area contributed by atoms with Crippen LogP contribution in [0, 0.1) is 11.8 Å². The Morgan fingerprint density at radius 1 is 0.842 bits per heavy atom. The maximum absolute atomic E-state index is 5.94. The minimum absolute atomic E-state index is 0.523. The fourth-order valence-corrected chi connectivity index (χ4v) is 3.77. The van der Waals surface area contributed by atoms with Gasteiger partial charge in [-0.1, -0.05) is 56.4 Å². The topological polar surface area (TPSA) is 9.23 Å². The summed E-state index contributed by atoms with van der Waals surface area (Å²) in [6.07, 6.45) is 21.7. The summed E-state index contributed by atoms with van der Waals surface area (Å²) in [6, 6.07) is 0. The van der Waals surface area contributed by atoms with Gasteiger partial charge in [0.2, 0.25) is 0 Å². The van der Waals surface area contributed by atoms with E-state index in [1.54, 1.807) is 0 Å². The van der Waals surface area contributed by atoms with Crippen LogP contribution in [0.5, 0.6) is 0 Å². The third kappa shape index (κ3) is 5.14. The van der Waals surface area contributed by atoms with Crippen LogP contribution in [0.1, 0.15) is 64.7 Å². The van der Waals surface area contributed by atoms with Crippen molar-refractivity contribution in [3.8, 4) is 0 Å². The molecule has 0 unspecified atom stereocenters. The summed E-state index contributed by atoms with van der Waals surface area (Å²) >= 11 is 0. The van der Waals surface area contributed by atoms with Crippen LogP contribution in [-0.4, -0.2) is 12.7 Å². The first-order valence-electron chi connectivity index (χ1n) is 8.29. The van der Waals surface area contributed by atoms with Gasteiger partial charge in [0.05, 0.1) is 12.7 Å². The monoisotopic (exact) mass is 262 g/mol. The van der Waals surface area contributed by atoms with Crippen molar-refractivity contribution in [3.05, 3.63) is 24.3 Å².